The van der Waals surface area contributed by atoms with Crippen LogP contribution >= 0.6 is 20.7 Å². The molecule has 1 aromatic heterocycles. The van der Waals surface area contributed by atoms with Crippen LogP contribution in [0.3, 0.4) is 0 Å². The lowest BCUT2D eigenvalue weighted by atomic mass is 10.2. The fourth-order valence-corrected chi connectivity index (χ4v) is 7.34. The van der Waals surface area contributed by atoms with E-state index in [0.717, 1.165) is 30.0 Å². The van der Waals surface area contributed by atoms with Crippen LogP contribution in [0.4, 0.5) is 0 Å². The van der Waals surface area contributed by atoms with Gasteiger partial charge in [0.2, 0.25) is 0 Å². The molecule has 4 heteroatoms. The lowest BCUT2D eigenvalue weighted by Gasteiger charge is -2.14. The number of rotatable bonds is 4. The van der Waals surface area contributed by atoms with Gasteiger partial charge in [0.1, 0.15) is 7.35 Å². The van der Waals surface area contributed by atoms with Gasteiger partial charge in [-0.05, 0) is 45.0 Å². The van der Waals surface area contributed by atoms with Crippen LogP contribution in [-0.2, 0) is 0 Å². The normalized spacial score (nSPS) is 13.6. The van der Waals surface area contributed by atoms with E-state index in [9.17, 15) is 0 Å². The summed E-state index contributed by atoms with van der Waals surface area (Å²) in [6, 6.07) is 46.9. The molecule has 0 bridgehead atoms. The van der Waals surface area contributed by atoms with Gasteiger partial charge in [0.05, 0.1) is 11.0 Å². The Morgan fingerprint density at radius 2 is 1.00 bits per heavy atom. The Morgan fingerprint density at radius 1 is 0.459 bits per heavy atom. The minimum Gasteiger partial charge on any atom is -0.309 e. The third kappa shape index (κ3) is 4.03. The number of amidine groups is 1. The van der Waals surface area contributed by atoms with Gasteiger partial charge < -0.3 is 4.57 Å². The lowest BCUT2D eigenvalue weighted by molar-refractivity contribution is 1.18. The predicted octanol–water partition coefficient (Wildman–Crippen LogP) is 8.14. The first-order chi connectivity index (χ1) is 18.3. The summed E-state index contributed by atoms with van der Waals surface area (Å²) >= 11 is -0.535. The van der Waals surface area contributed by atoms with Crippen LogP contribution in [-0.4, -0.2) is 17.8 Å². The molecule has 1 aliphatic heterocycles. The zero-order valence-electron chi connectivity index (χ0n) is 19.9. The van der Waals surface area contributed by atoms with Crippen molar-refractivity contribution >= 4 is 55.7 Å². The average Bonchev–Trinajstić information content (AvgIpc) is 3.32. The molecule has 5 aromatic carbocycles. The van der Waals surface area contributed by atoms with Crippen LogP contribution in [0.5, 0.6) is 0 Å². The number of nitrogens with zero attached hydrogens (tertiary/aromatic N) is 3. The van der Waals surface area contributed by atoms with E-state index in [0.29, 0.717) is 0 Å². The maximum atomic E-state index is 5.08. The Bertz CT molecular complexity index is 1750. The van der Waals surface area contributed by atoms with Crippen LogP contribution in [0.25, 0.3) is 27.5 Å². The fraction of sp³-hybridized carbons (Fsp3) is 0. The van der Waals surface area contributed by atoms with E-state index in [2.05, 4.69) is 120 Å². The molecule has 0 saturated heterocycles. The summed E-state index contributed by atoms with van der Waals surface area (Å²) in [6.07, 6.45) is 0. The van der Waals surface area contributed by atoms with Crippen molar-refractivity contribution in [2.75, 3.05) is 0 Å². The summed E-state index contributed by atoms with van der Waals surface area (Å²) in [5.74, 6) is 0.784. The third-order valence-electron chi connectivity index (χ3n) is 6.57. The molecule has 0 unspecified atom stereocenters. The summed E-state index contributed by atoms with van der Waals surface area (Å²) in [7, 11) is 0. The van der Waals surface area contributed by atoms with Gasteiger partial charge in [-0.25, -0.2) is 9.98 Å². The van der Waals surface area contributed by atoms with E-state index in [1.165, 1.54) is 27.4 Å². The van der Waals surface area contributed by atoms with Crippen molar-refractivity contribution < 1.29 is 0 Å². The zero-order valence-corrected chi connectivity index (χ0v) is 22.1. The molecule has 0 N–H and O–H groups in total. The molecule has 3 nitrogen and oxygen atoms in total. The van der Waals surface area contributed by atoms with E-state index >= 15 is 0 Å². The number of aromatic nitrogens is 1. The smallest absolute Gasteiger partial charge is 0.161 e. The highest BCUT2D eigenvalue weighted by Gasteiger charge is 2.16. The molecule has 0 atom stereocenters. The molecule has 0 saturated carbocycles. The molecule has 7 rings (SSSR count). The van der Waals surface area contributed by atoms with E-state index in [4.69, 9.17) is 9.98 Å². The molecule has 1 aliphatic rings. The van der Waals surface area contributed by atoms with Crippen LogP contribution in [0.15, 0.2) is 143 Å². The van der Waals surface area contributed by atoms with Gasteiger partial charge >= 0.3 is 0 Å². The SMILES string of the molecule is c1ccc(C2=NC(c3ccccc3)=IC(c3ccc(-n4c5ccccc5c5ccccc54)cc3)=N2)cc1. The number of halogens is 1. The second-order valence-corrected chi connectivity index (χ2v) is 11.5. The van der Waals surface area contributed by atoms with Crippen LogP contribution in [0.1, 0.15) is 16.7 Å². The largest absolute Gasteiger partial charge is 0.309 e. The van der Waals surface area contributed by atoms with Crippen molar-refractivity contribution in [3.05, 3.63) is 150 Å². The molecule has 2 heterocycles. The minimum absolute atomic E-state index is 0.535. The van der Waals surface area contributed by atoms with Gasteiger partial charge in [0, 0.05) is 33.2 Å². The van der Waals surface area contributed by atoms with Crippen molar-refractivity contribution in [1.82, 2.24) is 4.57 Å². The van der Waals surface area contributed by atoms with E-state index in [1.807, 2.05) is 18.2 Å². The first-order valence-electron chi connectivity index (χ1n) is 12.2. The van der Waals surface area contributed by atoms with Gasteiger partial charge in [0.15, 0.2) is 5.84 Å². The van der Waals surface area contributed by atoms with Gasteiger partial charge in [-0.1, -0.05) is 109 Å². The molecular weight excluding hydrogens is 565 g/mol. The summed E-state index contributed by atoms with van der Waals surface area (Å²) in [4.78, 5) is 10.1. The van der Waals surface area contributed by atoms with Crippen molar-refractivity contribution in [2.45, 2.75) is 0 Å². The quantitative estimate of drug-likeness (QED) is 0.187. The molecule has 0 spiro atoms. The Balaban J connectivity index is 1.34. The summed E-state index contributed by atoms with van der Waals surface area (Å²) in [5, 5.41) is 2.55. The number of fused-ring (bicyclic) bond motifs is 3. The number of hydrogen-bond acceptors (Lipinski definition) is 2. The Labute approximate surface area is 225 Å². The van der Waals surface area contributed by atoms with Crippen molar-refractivity contribution in [1.29, 1.82) is 0 Å². The highest BCUT2D eigenvalue weighted by Crippen LogP contribution is 2.32. The molecule has 37 heavy (non-hydrogen) atoms. The molecule has 176 valence electrons. The standard InChI is InChI=1S/C33H22IN3/c1-3-11-23(12-4-1)31-34-32(36-33(35-31)25-13-5-2-6-14-25)24-19-21-26(22-20-24)37-29-17-9-7-15-27(29)28-16-8-10-18-30(28)37/h1-22H. The molecule has 0 amide bonds. The van der Waals surface area contributed by atoms with E-state index < -0.39 is 20.7 Å². The number of hydrogen-bond donors (Lipinski definition) is 0. The first kappa shape index (κ1) is 22.1. The second kappa shape index (κ2) is 9.37. The molecule has 0 radical (unpaired) electrons. The van der Waals surface area contributed by atoms with Gasteiger partial charge in [-0.15, -0.1) is 0 Å². The number of benzene rings is 5. The maximum absolute atomic E-state index is 5.08. The van der Waals surface area contributed by atoms with Gasteiger partial charge in [0.25, 0.3) is 0 Å². The lowest BCUT2D eigenvalue weighted by Crippen LogP contribution is -2.11. The fourth-order valence-electron chi connectivity index (χ4n) is 4.82. The summed E-state index contributed by atoms with van der Waals surface area (Å²) < 4.78 is 4.64. The third-order valence-corrected chi connectivity index (χ3v) is 9.32. The van der Waals surface area contributed by atoms with Crippen molar-refractivity contribution in [3.63, 3.8) is 0 Å². The average molecular weight is 587 g/mol. The van der Waals surface area contributed by atoms with Crippen molar-refractivity contribution in [2.24, 2.45) is 9.98 Å². The van der Waals surface area contributed by atoms with E-state index in [-0.39, 0.29) is 0 Å². The van der Waals surface area contributed by atoms with Crippen LogP contribution < -0.4 is 0 Å². The zero-order chi connectivity index (χ0) is 24.6. The number of para-hydroxylation sites is 2. The topological polar surface area (TPSA) is 29.6 Å². The minimum atomic E-state index is -0.535. The molecule has 6 aromatic rings. The predicted molar refractivity (Wildman–Crippen MR) is 165 cm³/mol. The van der Waals surface area contributed by atoms with Gasteiger partial charge in [-0.2, -0.15) is 0 Å². The highest BCUT2D eigenvalue weighted by molar-refractivity contribution is 14.2. The monoisotopic (exact) mass is 587 g/mol. The number of aliphatic imine (C=N–C) groups is 2. The first-order valence-corrected chi connectivity index (χ1v) is 14.4. The Morgan fingerprint density at radius 3 is 1.62 bits per heavy atom. The van der Waals surface area contributed by atoms with Crippen molar-refractivity contribution in [3.8, 4) is 5.69 Å². The Hall–Kier alpha value is -4.16. The summed E-state index contributed by atoms with van der Waals surface area (Å²) in [6.45, 7) is 0. The van der Waals surface area contributed by atoms with Gasteiger partial charge in [-0.3, -0.25) is 0 Å². The van der Waals surface area contributed by atoms with E-state index in [1.54, 1.807) is 0 Å². The molecule has 0 aliphatic carbocycles. The van der Waals surface area contributed by atoms with Crippen LogP contribution in [0.2, 0.25) is 0 Å². The second-order valence-electron chi connectivity index (χ2n) is 8.87. The summed E-state index contributed by atoms with van der Waals surface area (Å²) in [5.41, 5.74) is 6.97. The Kier molecular flexibility index (Phi) is 5.59. The highest BCUT2D eigenvalue weighted by atomic mass is 127. The molecule has 0 fully saturated rings. The maximum Gasteiger partial charge on any atom is 0.161 e. The molecular formula is C33H22IN3. The van der Waals surface area contributed by atoms with Crippen LogP contribution in [0, 0.1) is 0 Å².